The van der Waals surface area contributed by atoms with Gasteiger partial charge in [0.25, 0.3) is 5.91 Å². The average molecular weight is 360 g/mol. The Morgan fingerprint density at radius 3 is 2.63 bits per heavy atom. The second-order valence-corrected chi connectivity index (χ2v) is 7.04. The summed E-state index contributed by atoms with van der Waals surface area (Å²) in [6.07, 6.45) is 4.70. The zero-order valence-electron chi connectivity index (χ0n) is 15.8. The number of pyridine rings is 1. The molecule has 0 unspecified atom stereocenters. The Morgan fingerprint density at radius 1 is 1.19 bits per heavy atom. The van der Waals surface area contributed by atoms with Gasteiger partial charge in [-0.05, 0) is 49.9 Å². The number of nitrogens with one attached hydrogen (secondary N) is 1. The largest absolute Gasteiger partial charge is 0.346 e. The van der Waals surface area contributed by atoms with Crippen molar-refractivity contribution in [3.8, 4) is 5.69 Å². The molecule has 1 amide bonds. The SMILES string of the molecule is CCc1c(C(=O)NCc2ccccn2)c(C2CC2)nn1-c1ccccc1C. The van der Waals surface area contributed by atoms with Gasteiger partial charge in [0.05, 0.1) is 34.9 Å². The van der Waals surface area contributed by atoms with Gasteiger partial charge >= 0.3 is 0 Å². The number of rotatable bonds is 6. The first kappa shape index (κ1) is 17.5. The van der Waals surface area contributed by atoms with Crippen molar-refractivity contribution in [2.75, 3.05) is 0 Å². The van der Waals surface area contributed by atoms with E-state index in [4.69, 9.17) is 5.10 Å². The smallest absolute Gasteiger partial charge is 0.255 e. The zero-order valence-corrected chi connectivity index (χ0v) is 15.8. The molecule has 0 saturated heterocycles. The second kappa shape index (κ2) is 7.35. The van der Waals surface area contributed by atoms with Crippen LogP contribution in [0, 0.1) is 6.92 Å². The lowest BCUT2D eigenvalue weighted by Gasteiger charge is -2.10. The Bertz CT molecular complexity index is 958. The number of nitrogens with zero attached hydrogens (tertiary/aromatic N) is 3. The predicted octanol–water partition coefficient (Wildman–Crippen LogP) is 3.95. The van der Waals surface area contributed by atoms with Gasteiger partial charge in [0.1, 0.15) is 0 Å². The van der Waals surface area contributed by atoms with Crippen LogP contribution in [0.15, 0.2) is 48.7 Å². The number of amides is 1. The summed E-state index contributed by atoms with van der Waals surface area (Å²) in [5.74, 6) is 0.343. The van der Waals surface area contributed by atoms with Crippen LogP contribution in [-0.2, 0) is 13.0 Å². The van der Waals surface area contributed by atoms with Crippen molar-refractivity contribution in [1.29, 1.82) is 0 Å². The number of carbonyl (C=O) groups excluding carboxylic acids is 1. The van der Waals surface area contributed by atoms with Crippen molar-refractivity contribution in [3.63, 3.8) is 0 Å². The molecule has 0 aliphatic heterocycles. The van der Waals surface area contributed by atoms with Crippen molar-refractivity contribution >= 4 is 5.91 Å². The maximum Gasteiger partial charge on any atom is 0.255 e. The molecule has 5 nitrogen and oxygen atoms in total. The summed E-state index contributed by atoms with van der Waals surface area (Å²) in [6.45, 7) is 4.58. The highest BCUT2D eigenvalue weighted by molar-refractivity contribution is 5.97. The fourth-order valence-electron chi connectivity index (χ4n) is 3.45. The van der Waals surface area contributed by atoms with Gasteiger partial charge in [0.15, 0.2) is 0 Å². The van der Waals surface area contributed by atoms with Gasteiger partial charge < -0.3 is 5.32 Å². The number of hydrogen-bond donors (Lipinski definition) is 1. The van der Waals surface area contributed by atoms with E-state index in [-0.39, 0.29) is 5.91 Å². The van der Waals surface area contributed by atoms with Crippen molar-refractivity contribution in [2.45, 2.75) is 45.6 Å². The van der Waals surface area contributed by atoms with Gasteiger partial charge in [-0.25, -0.2) is 4.68 Å². The molecule has 27 heavy (non-hydrogen) atoms. The van der Waals surface area contributed by atoms with E-state index in [1.807, 2.05) is 35.0 Å². The molecule has 1 aliphatic carbocycles. The molecule has 138 valence electrons. The Balaban J connectivity index is 1.71. The molecular formula is C22H24N4O. The van der Waals surface area contributed by atoms with Gasteiger partial charge in [-0.3, -0.25) is 9.78 Å². The monoisotopic (exact) mass is 360 g/mol. The van der Waals surface area contributed by atoms with E-state index >= 15 is 0 Å². The molecule has 1 fully saturated rings. The number of aromatic nitrogens is 3. The third kappa shape index (κ3) is 3.50. The molecule has 0 bridgehead atoms. The van der Waals surface area contributed by atoms with Crippen molar-refractivity contribution in [3.05, 3.63) is 76.9 Å². The summed E-state index contributed by atoms with van der Waals surface area (Å²) >= 11 is 0. The minimum Gasteiger partial charge on any atom is -0.346 e. The molecule has 1 aromatic carbocycles. The molecule has 0 atom stereocenters. The van der Waals surface area contributed by atoms with E-state index in [2.05, 4.69) is 36.3 Å². The summed E-state index contributed by atoms with van der Waals surface area (Å²) in [5.41, 5.74) is 5.71. The van der Waals surface area contributed by atoms with Gasteiger partial charge in [0.2, 0.25) is 0 Å². The number of para-hydroxylation sites is 1. The first-order valence-corrected chi connectivity index (χ1v) is 9.55. The third-order valence-corrected chi connectivity index (χ3v) is 5.03. The third-order valence-electron chi connectivity index (χ3n) is 5.03. The molecule has 3 aromatic rings. The van der Waals surface area contributed by atoms with E-state index in [9.17, 15) is 4.79 Å². The Morgan fingerprint density at radius 2 is 1.96 bits per heavy atom. The summed E-state index contributed by atoms with van der Waals surface area (Å²) in [6, 6.07) is 13.9. The number of hydrogen-bond acceptors (Lipinski definition) is 3. The second-order valence-electron chi connectivity index (χ2n) is 7.04. The van der Waals surface area contributed by atoms with Crippen LogP contribution >= 0.6 is 0 Å². The normalized spacial score (nSPS) is 13.6. The Kier molecular flexibility index (Phi) is 4.75. The molecule has 1 saturated carbocycles. The quantitative estimate of drug-likeness (QED) is 0.724. The molecular weight excluding hydrogens is 336 g/mol. The van der Waals surface area contributed by atoms with Gasteiger partial charge in [-0.1, -0.05) is 31.2 Å². The molecule has 0 radical (unpaired) electrons. The first-order chi connectivity index (χ1) is 13.2. The summed E-state index contributed by atoms with van der Waals surface area (Å²) in [5, 5.41) is 7.93. The molecule has 2 heterocycles. The molecule has 1 aliphatic rings. The predicted molar refractivity (Wildman–Crippen MR) is 105 cm³/mol. The Hall–Kier alpha value is -2.95. The maximum absolute atomic E-state index is 13.1. The number of aryl methyl sites for hydroxylation is 1. The highest BCUT2D eigenvalue weighted by Crippen LogP contribution is 2.42. The molecule has 2 aromatic heterocycles. The highest BCUT2D eigenvalue weighted by Gasteiger charge is 2.34. The average Bonchev–Trinajstić information content (AvgIpc) is 3.47. The minimum atomic E-state index is -0.0563. The van der Waals surface area contributed by atoms with Crippen molar-refractivity contribution in [1.82, 2.24) is 20.1 Å². The lowest BCUT2D eigenvalue weighted by molar-refractivity contribution is 0.0948. The van der Waals surface area contributed by atoms with E-state index in [1.54, 1.807) is 6.20 Å². The maximum atomic E-state index is 13.1. The summed E-state index contributed by atoms with van der Waals surface area (Å²) in [7, 11) is 0. The van der Waals surface area contributed by atoms with Gasteiger partial charge in [-0.15, -0.1) is 0 Å². The van der Waals surface area contributed by atoms with E-state index in [1.165, 1.54) is 0 Å². The Labute approximate surface area is 159 Å². The molecule has 5 heteroatoms. The topological polar surface area (TPSA) is 59.8 Å². The minimum absolute atomic E-state index is 0.0563. The lowest BCUT2D eigenvalue weighted by atomic mass is 10.1. The molecule has 1 N–H and O–H groups in total. The standard InChI is InChI=1S/C22H24N4O/c1-3-18-20(22(27)24-14-17-9-6-7-13-23-17)21(16-11-12-16)25-26(18)19-10-5-4-8-15(19)2/h4-10,13,16H,3,11-12,14H2,1-2H3,(H,24,27). The number of benzene rings is 1. The fourth-order valence-corrected chi connectivity index (χ4v) is 3.45. The van der Waals surface area contributed by atoms with Crippen LogP contribution < -0.4 is 5.32 Å². The van der Waals surface area contributed by atoms with E-state index in [0.29, 0.717) is 12.5 Å². The van der Waals surface area contributed by atoms with Gasteiger partial charge in [-0.2, -0.15) is 5.10 Å². The van der Waals surface area contributed by atoms with Crippen LogP contribution in [0.25, 0.3) is 5.69 Å². The molecule has 4 rings (SSSR count). The highest BCUT2D eigenvalue weighted by atomic mass is 16.1. The van der Waals surface area contributed by atoms with Crippen LogP contribution in [0.2, 0.25) is 0 Å². The van der Waals surface area contributed by atoms with E-state index in [0.717, 1.165) is 53.2 Å². The lowest BCUT2D eigenvalue weighted by Crippen LogP contribution is -2.25. The zero-order chi connectivity index (χ0) is 18.8. The van der Waals surface area contributed by atoms with Crippen LogP contribution in [0.1, 0.15) is 58.7 Å². The number of carbonyl (C=O) groups is 1. The summed E-state index contributed by atoms with van der Waals surface area (Å²) < 4.78 is 1.97. The summed E-state index contributed by atoms with van der Waals surface area (Å²) in [4.78, 5) is 17.4. The van der Waals surface area contributed by atoms with Gasteiger partial charge in [0, 0.05) is 12.1 Å². The van der Waals surface area contributed by atoms with Crippen molar-refractivity contribution in [2.24, 2.45) is 0 Å². The molecule has 0 spiro atoms. The fraction of sp³-hybridized carbons (Fsp3) is 0.318. The van der Waals surface area contributed by atoms with Crippen LogP contribution in [0.5, 0.6) is 0 Å². The van der Waals surface area contributed by atoms with Crippen LogP contribution in [-0.4, -0.2) is 20.7 Å². The van der Waals surface area contributed by atoms with Crippen LogP contribution in [0.3, 0.4) is 0 Å². The van der Waals surface area contributed by atoms with Crippen molar-refractivity contribution < 1.29 is 4.79 Å². The first-order valence-electron chi connectivity index (χ1n) is 9.55. The van der Waals surface area contributed by atoms with E-state index < -0.39 is 0 Å². The van der Waals surface area contributed by atoms with Crippen LogP contribution in [0.4, 0.5) is 0 Å².